The van der Waals surface area contributed by atoms with Gasteiger partial charge in [0.25, 0.3) is 5.91 Å². The zero-order valence-corrected chi connectivity index (χ0v) is 15.0. The van der Waals surface area contributed by atoms with E-state index >= 15 is 0 Å². The molecule has 4 rings (SSSR count). The number of nitrogens with zero attached hydrogens (tertiary/aromatic N) is 1. The summed E-state index contributed by atoms with van der Waals surface area (Å²) in [7, 11) is 0. The number of rotatable bonds is 4. The van der Waals surface area contributed by atoms with Crippen LogP contribution in [0.3, 0.4) is 0 Å². The zero-order valence-electron chi connectivity index (χ0n) is 14.2. The van der Waals surface area contributed by atoms with Gasteiger partial charge in [-0.15, -0.1) is 11.3 Å². The van der Waals surface area contributed by atoms with Crippen LogP contribution in [0.4, 0.5) is 10.1 Å². The number of nitrogens with one attached hydrogen (secondary N) is 1. The van der Waals surface area contributed by atoms with Crippen molar-refractivity contribution in [1.82, 2.24) is 4.98 Å². The Morgan fingerprint density at radius 2 is 1.67 bits per heavy atom. The first-order valence-electron chi connectivity index (χ1n) is 8.37. The van der Waals surface area contributed by atoms with E-state index < -0.39 is 5.82 Å². The van der Waals surface area contributed by atoms with Crippen molar-refractivity contribution in [1.29, 1.82) is 0 Å². The van der Waals surface area contributed by atoms with Crippen LogP contribution in [0.25, 0.3) is 21.8 Å². The molecular formula is C22H15FN2OS. The summed E-state index contributed by atoms with van der Waals surface area (Å²) in [4.78, 5) is 17.0. The van der Waals surface area contributed by atoms with Crippen LogP contribution >= 0.6 is 11.3 Å². The lowest BCUT2D eigenvalue weighted by Gasteiger charge is -2.07. The number of halogens is 1. The molecule has 0 saturated heterocycles. The molecule has 4 aromatic rings. The van der Waals surface area contributed by atoms with E-state index in [2.05, 4.69) is 5.32 Å². The minimum atomic E-state index is -0.438. The van der Waals surface area contributed by atoms with Gasteiger partial charge < -0.3 is 5.32 Å². The van der Waals surface area contributed by atoms with E-state index in [1.165, 1.54) is 18.2 Å². The SMILES string of the molecule is O=C(Nc1cccc(-c2csc(-c3ccccc3)n2)c1)c1cccc(F)c1. The molecule has 132 valence electrons. The van der Waals surface area contributed by atoms with Crippen LogP contribution < -0.4 is 5.32 Å². The van der Waals surface area contributed by atoms with Gasteiger partial charge in [0.05, 0.1) is 5.69 Å². The summed E-state index contributed by atoms with van der Waals surface area (Å²) in [6.07, 6.45) is 0. The van der Waals surface area contributed by atoms with Crippen molar-refractivity contribution >= 4 is 22.9 Å². The molecule has 0 radical (unpaired) electrons. The van der Waals surface area contributed by atoms with Crippen molar-refractivity contribution in [3.8, 4) is 21.8 Å². The highest BCUT2D eigenvalue weighted by molar-refractivity contribution is 7.13. The number of aromatic nitrogens is 1. The van der Waals surface area contributed by atoms with Crippen LogP contribution in [-0.2, 0) is 0 Å². The molecule has 0 saturated carbocycles. The fourth-order valence-corrected chi connectivity index (χ4v) is 3.54. The van der Waals surface area contributed by atoms with E-state index in [-0.39, 0.29) is 11.5 Å². The van der Waals surface area contributed by atoms with Gasteiger partial charge in [-0.1, -0.05) is 48.5 Å². The highest BCUT2D eigenvalue weighted by atomic mass is 32.1. The van der Waals surface area contributed by atoms with Crippen LogP contribution in [0.2, 0.25) is 0 Å². The number of thiazole rings is 1. The molecule has 0 unspecified atom stereocenters. The largest absolute Gasteiger partial charge is 0.322 e. The highest BCUT2D eigenvalue weighted by Crippen LogP contribution is 2.29. The normalized spacial score (nSPS) is 10.6. The first kappa shape index (κ1) is 17.1. The van der Waals surface area contributed by atoms with E-state index in [4.69, 9.17) is 4.98 Å². The van der Waals surface area contributed by atoms with Crippen LogP contribution in [0.1, 0.15) is 10.4 Å². The van der Waals surface area contributed by atoms with E-state index in [1.807, 2.05) is 53.9 Å². The third-order valence-electron chi connectivity index (χ3n) is 4.03. The van der Waals surface area contributed by atoms with Crippen LogP contribution in [0, 0.1) is 5.82 Å². The molecule has 1 amide bonds. The fraction of sp³-hybridized carbons (Fsp3) is 0. The van der Waals surface area contributed by atoms with Crippen molar-refractivity contribution in [2.45, 2.75) is 0 Å². The monoisotopic (exact) mass is 374 g/mol. The van der Waals surface area contributed by atoms with Gasteiger partial charge in [0.15, 0.2) is 0 Å². The first-order valence-corrected chi connectivity index (χ1v) is 9.25. The number of carbonyl (C=O) groups excluding carboxylic acids is 1. The molecule has 27 heavy (non-hydrogen) atoms. The van der Waals surface area contributed by atoms with Gasteiger partial charge >= 0.3 is 0 Å². The maximum absolute atomic E-state index is 13.3. The lowest BCUT2D eigenvalue weighted by molar-refractivity contribution is 0.102. The quantitative estimate of drug-likeness (QED) is 0.485. The molecule has 0 spiro atoms. The number of carbonyl (C=O) groups is 1. The number of hydrogen-bond donors (Lipinski definition) is 1. The van der Waals surface area contributed by atoms with E-state index in [0.29, 0.717) is 5.69 Å². The third kappa shape index (κ3) is 3.93. The second-order valence-electron chi connectivity index (χ2n) is 5.95. The molecule has 1 N–H and O–H groups in total. The Hall–Kier alpha value is -3.31. The molecule has 1 aromatic heterocycles. The van der Waals surface area contributed by atoms with E-state index in [0.717, 1.165) is 21.8 Å². The van der Waals surface area contributed by atoms with Crippen molar-refractivity contribution in [3.63, 3.8) is 0 Å². The Morgan fingerprint density at radius 1 is 0.889 bits per heavy atom. The maximum atomic E-state index is 13.3. The topological polar surface area (TPSA) is 42.0 Å². The molecule has 3 aromatic carbocycles. The predicted octanol–water partition coefficient (Wildman–Crippen LogP) is 5.87. The number of amides is 1. The molecule has 1 heterocycles. The summed E-state index contributed by atoms with van der Waals surface area (Å²) in [6, 6.07) is 23.1. The Labute approximate surface area is 160 Å². The summed E-state index contributed by atoms with van der Waals surface area (Å²) in [6.45, 7) is 0. The predicted molar refractivity (Wildman–Crippen MR) is 107 cm³/mol. The van der Waals surface area contributed by atoms with Gasteiger partial charge in [-0.3, -0.25) is 4.79 Å². The van der Waals surface area contributed by atoms with Gasteiger partial charge in [0, 0.05) is 27.8 Å². The minimum Gasteiger partial charge on any atom is -0.322 e. The zero-order chi connectivity index (χ0) is 18.6. The molecule has 0 fully saturated rings. The molecule has 5 heteroatoms. The average Bonchev–Trinajstić information content (AvgIpc) is 3.19. The van der Waals surface area contributed by atoms with Crippen molar-refractivity contribution in [3.05, 3.63) is 95.6 Å². The van der Waals surface area contributed by atoms with Crippen LogP contribution in [-0.4, -0.2) is 10.9 Å². The number of anilines is 1. The van der Waals surface area contributed by atoms with E-state index in [1.54, 1.807) is 23.5 Å². The second-order valence-corrected chi connectivity index (χ2v) is 6.81. The molecule has 0 aliphatic carbocycles. The first-order chi connectivity index (χ1) is 13.2. The Bertz CT molecular complexity index is 1090. The fourth-order valence-electron chi connectivity index (χ4n) is 2.71. The van der Waals surface area contributed by atoms with E-state index in [9.17, 15) is 9.18 Å². The van der Waals surface area contributed by atoms with Crippen LogP contribution in [0.15, 0.2) is 84.2 Å². The molecule has 3 nitrogen and oxygen atoms in total. The Balaban J connectivity index is 1.56. The van der Waals surface area contributed by atoms with Gasteiger partial charge in [0.2, 0.25) is 0 Å². The van der Waals surface area contributed by atoms with Gasteiger partial charge in [-0.2, -0.15) is 0 Å². The molecule has 0 aliphatic heterocycles. The highest BCUT2D eigenvalue weighted by Gasteiger charge is 2.10. The van der Waals surface area contributed by atoms with Crippen molar-refractivity contribution < 1.29 is 9.18 Å². The lowest BCUT2D eigenvalue weighted by atomic mass is 10.1. The number of benzene rings is 3. The van der Waals surface area contributed by atoms with Crippen LogP contribution in [0.5, 0.6) is 0 Å². The summed E-state index contributed by atoms with van der Waals surface area (Å²) >= 11 is 1.58. The molecule has 0 bridgehead atoms. The summed E-state index contributed by atoms with van der Waals surface area (Å²) in [5.41, 5.74) is 3.74. The average molecular weight is 374 g/mol. The van der Waals surface area contributed by atoms with Crippen molar-refractivity contribution in [2.24, 2.45) is 0 Å². The Kier molecular flexibility index (Phi) is 4.77. The van der Waals surface area contributed by atoms with Crippen molar-refractivity contribution in [2.75, 3.05) is 5.32 Å². The standard InChI is InChI=1S/C22H15FN2OS/c23-18-10-4-9-17(12-18)21(26)24-19-11-5-8-16(13-19)20-14-27-22(25-20)15-6-2-1-3-7-15/h1-14H,(H,24,26). The lowest BCUT2D eigenvalue weighted by Crippen LogP contribution is -2.12. The summed E-state index contributed by atoms with van der Waals surface area (Å²) in [5.74, 6) is -0.790. The smallest absolute Gasteiger partial charge is 0.255 e. The van der Waals surface area contributed by atoms with Gasteiger partial charge in [-0.05, 0) is 30.3 Å². The minimum absolute atomic E-state index is 0.278. The molecule has 0 aliphatic rings. The maximum Gasteiger partial charge on any atom is 0.255 e. The molecule has 0 atom stereocenters. The van der Waals surface area contributed by atoms with Gasteiger partial charge in [-0.25, -0.2) is 9.37 Å². The second kappa shape index (κ2) is 7.51. The third-order valence-corrected chi connectivity index (χ3v) is 4.92. The molecular weight excluding hydrogens is 359 g/mol. The summed E-state index contributed by atoms with van der Waals surface area (Å²) < 4.78 is 13.3. The number of hydrogen-bond acceptors (Lipinski definition) is 3. The van der Waals surface area contributed by atoms with Gasteiger partial charge in [0.1, 0.15) is 10.8 Å². The summed E-state index contributed by atoms with van der Waals surface area (Å²) in [5, 5.41) is 5.74. The Morgan fingerprint density at radius 3 is 2.48 bits per heavy atom.